The molecule has 0 unspecified atom stereocenters. The molecule has 0 saturated carbocycles. The van der Waals surface area contributed by atoms with Gasteiger partial charge in [0.1, 0.15) is 17.0 Å². The molecule has 4 aromatic rings. The predicted octanol–water partition coefficient (Wildman–Crippen LogP) is 4.52. The molecule has 6 heteroatoms. The largest absolute Gasteiger partial charge is 0.497 e. The van der Waals surface area contributed by atoms with Crippen LogP contribution in [0.1, 0.15) is 0 Å². The standard InChI is InChI=1S/C22H18N2O4/c1-26-18-11-12-20-19(13-18)24-22(28-20)15-7-9-16(10-8-15)23-21(25)14-27-17-5-3-2-4-6-17/h2-13H,14H2,1H3,(H,23,25). The van der Waals surface area contributed by atoms with E-state index in [1.165, 1.54) is 0 Å². The van der Waals surface area contributed by atoms with Gasteiger partial charge in [-0.3, -0.25) is 4.79 Å². The highest BCUT2D eigenvalue weighted by molar-refractivity contribution is 5.92. The van der Waals surface area contributed by atoms with Crippen molar-refractivity contribution in [1.82, 2.24) is 4.98 Å². The SMILES string of the molecule is COc1ccc2oc(-c3ccc(NC(=O)COc4ccccc4)cc3)nc2c1. The minimum Gasteiger partial charge on any atom is -0.497 e. The molecule has 4 rings (SSSR count). The van der Waals surface area contributed by atoms with Crippen LogP contribution in [0.15, 0.2) is 77.2 Å². The third-order valence-corrected chi connectivity index (χ3v) is 4.12. The van der Waals surface area contributed by atoms with Gasteiger partial charge >= 0.3 is 0 Å². The summed E-state index contributed by atoms with van der Waals surface area (Å²) in [7, 11) is 1.61. The van der Waals surface area contributed by atoms with Crippen LogP contribution in [-0.4, -0.2) is 24.6 Å². The maximum Gasteiger partial charge on any atom is 0.262 e. The molecule has 1 amide bonds. The number of nitrogens with zero attached hydrogens (tertiary/aromatic N) is 1. The maximum absolute atomic E-state index is 12.0. The quantitative estimate of drug-likeness (QED) is 0.537. The third-order valence-electron chi connectivity index (χ3n) is 4.12. The first-order valence-corrected chi connectivity index (χ1v) is 8.74. The first-order chi connectivity index (χ1) is 13.7. The second-order valence-electron chi connectivity index (χ2n) is 6.08. The second-order valence-corrected chi connectivity index (χ2v) is 6.08. The monoisotopic (exact) mass is 374 g/mol. The number of methoxy groups -OCH3 is 1. The van der Waals surface area contributed by atoms with Crippen molar-refractivity contribution in [2.24, 2.45) is 0 Å². The number of nitrogens with one attached hydrogen (secondary N) is 1. The molecular formula is C22H18N2O4. The number of oxazole rings is 1. The lowest BCUT2D eigenvalue weighted by Crippen LogP contribution is -2.20. The van der Waals surface area contributed by atoms with Gasteiger partial charge in [-0.1, -0.05) is 18.2 Å². The lowest BCUT2D eigenvalue weighted by Gasteiger charge is -2.07. The molecule has 0 saturated heterocycles. The van der Waals surface area contributed by atoms with E-state index in [9.17, 15) is 4.79 Å². The van der Waals surface area contributed by atoms with Crippen LogP contribution < -0.4 is 14.8 Å². The van der Waals surface area contributed by atoms with E-state index in [-0.39, 0.29) is 12.5 Å². The molecule has 0 spiro atoms. The smallest absolute Gasteiger partial charge is 0.262 e. The predicted molar refractivity (Wildman–Crippen MR) is 107 cm³/mol. The Morgan fingerprint density at radius 2 is 1.79 bits per heavy atom. The van der Waals surface area contributed by atoms with Gasteiger partial charge in [-0.2, -0.15) is 0 Å². The Hall–Kier alpha value is -3.80. The zero-order chi connectivity index (χ0) is 19.3. The molecule has 140 valence electrons. The van der Waals surface area contributed by atoms with Crippen molar-refractivity contribution in [3.63, 3.8) is 0 Å². The number of benzene rings is 3. The van der Waals surface area contributed by atoms with Crippen LogP contribution in [0.4, 0.5) is 5.69 Å². The number of hydrogen-bond donors (Lipinski definition) is 1. The number of amides is 1. The Morgan fingerprint density at radius 1 is 1.00 bits per heavy atom. The molecule has 0 atom stereocenters. The van der Waals surface area contributed by atoms with Crippen molar-refractivity contribution in [3.8, 4) is 23.0 Å². The summed E-state index contributed by atoms with van der Waals surface area (Å²) in [5.41, 5.74) is 2.90. The number of fused-ring (bicyclic) bond motifs is 1. The van der Waals surface area contributed by atoms with Gasteiger partial charge in [-0.05, 0) is 48.5 Å². The topological polar surface area (TPSA) is 73.6 Å². The van der Waals surface area contributed by atoms with Crippen molar-refractivity contribution in [2.45, 2.75) is 0 Å². The van der Waals surface area contributed by atoms with E-state index < -0.39 is 0 Å². The first-order valence-electron chi connectivity index (χ1n) is 8.74. The van der Waals surface area contributed by atoms with E-state index in [0.29, 0.717) is 22.9 Å². The van der Waals surface area contributed by atoms with Crippen LogP contribution in [0.5, 0.6) is 11.5 Å². The molecule has 0 aliphatic carbocycles. The number of carbonyl (C=O) groups is 1. The zero-order valence-corrected chi connectivity index (χ0v) is 15.2. The molecule has 3 aromatic carbocycles. The minimum atomic E-state index is -0.231. The van der Waals surface area contributed by atoms with E-state index in [2.05, 4.69) is 10.3 Å². The summed E-state index contributed by atoms with van der Waals surface area (Å²) < 4.78 is 16.4. The second kappa shape index (κ2) is 7.84. The van der Waals surface area contributed by atoms with Crippen LogP contribution >= 0.6 is 0 Å². The van der Waals surface area contributed by atoms with Gasteiger partial charge < -0.3 is 19.2 Å². The van der Waals surface area contributed by atoms with Crippen LogP contribution in [0.3, 0.4) is 0 Å². The van der Waals surface area contributed by atoms with Gasteiger partial charge in [0.25, 0.3) is 5.91 Å². The van der Waals surface area contributed by atoms with E-state index in [1.54, 1.807) is 31.4 Å². The average molecular weight is 374 g/mol. The summed E-state index contributed by atoms with van der Waals surface area (Å²) in [6.07, 6.45) is 0. The summed E-state index contributed by atoms with van der Waals surface area (Å²) in [5, 5.41) is 2.80. The van der Waals surface area contributed by atoms with E-state index in [0.717, 1.165) is 16.8 Å². The molecule has 0 bridgehead atoms. The van der Waals surface area contributed by atoms with Crippen LogP contribution in [0.2, 0.25) is 0 Å². The summed E-state index contributed by atoms with van der Waals surface area (Å²) in [5.74, 6) is 1.66. The highest BCUT2D eigenvalue weighted by Gasteiger charge is 2.10. The molecule has 1 aromatic heterocycles. The van der Waals surface area contributed by atoms with Crippen molar-refractivity contribution in [3.05, 3.63) is 72.8 Å². The Kier molecular flexibility index (Phi) is 4.93. The highest BCUT2D eigenvalue weighted by Crippen LogP contribution is 2.27. The molecule has 1 heterocycles. The Bertz CT molecular complexity index is 1090. The molecule has 0 aliphatic rings. The summed E-state index contributed by atoms with van der Waals surface area (Å²) in [6, 6.07) is 22.0. The first kappa shape index (κ1) is 17.6. The van der Waals surface area contributed by atoms with Gasteiger partial charge in [0.05, 0.1) is 7.11 Å². The minimum absolute atomic E-state index is 0.0568. The van der Waals surface area contributed by atoms with Crippen molar-refractivity contribution < 1.29 is 18.7 Å². The number of aromatic nitrogens is 1. The Labute approximate surface area is 161 Å². The maximum atomic E-state index is 12.0. The number of hydrogen-bond acceptors (Lipinski definition) is 5. The van der Waals surface area contributed by atoms with E-state index >= 15 is 0 Å². The van der Waals surface area contributed by atoms with Gasteiger partial charge in [-0.15, -0.1) is 0 Å². The number of carbonyl (C=O) groups excluding carboxylic acids is 1. The fraction of sp³-hybridized carbons (Fsp3) is 0.0909. The molecular weight excluding hydrogens is 356 g/mol. The number of para-hydroxylation sites is 1. The number of rotatable bonds is 6. The molecule has 0 aliphatic heterocycles. The molecule has 0 radical (unpaired) electrons. The Balaban J connectivity index is 1.41. The fourth-order valence-corrected chi connectivity index (χ4v) is 2.72. The normalized spacial score (nSPS) is 10.6. The lowest BCUT2D eigenvalue weighted by molar-refractivity contribution is -0.118. The molecule has 1 N–H and O–H groups in total. The highest BCUT2D eigenvalue weighted by atomic mass is 16.5. The summed E-state index contributed by atoms with van der Waals surface area (Å²) in [6.45, 7) is -0.0568. The van der Waals surface area contributed by atoms with Crippen LogP contribution in [0.25, 0.3) is 22.6 Å². The van der Waals surface area contributed by atoms with Gasteiger partial charge in [0.15, 0.2) is 12.2 Å². The van der Waals surface area contributed by atoms with Crippen molar-refractivity contribution in [1.29, 1.82) is 0 Å². The van der Waals surface area contributed by atoms with Gasteiger partial charge in [0, 0.05) is 17.3 Å². The van der Waals surface area contributed by atoms with Crippen molar-refractivity contribution >= 4 is 22.7 Å². The van der Waals surface area contributed by atoms with Gasteiger partial charge in [0.2, 0.25) is 5.89 Å². The fourth-order valence-electron chi connectivity index (χ4n) is 2.72. The molecule has 28 heavy (non-hydrogen) atoms. The summed E-state index contributed by atoms with van der Waals surface area (Å²) in [4.78, 5) is 16.5. The van der Waals surface area contributed by atoms with E-state index in [4.69, 9.17) is 13.9 Å². The number of anilines is 1. The third kappa shape index (κ3) is 3.96. The van der Waals surface area contributed by atoms with Crippen LogP contribution in [0, 0.1) is 0 Å². The van der Waals surface area contributed by atoms with E-state index in [1.807, 2.05) is 48.5 Å². The molecule has 6 nitrogen and oxygen atoms in total. The van der Waals surface area contributed by atoms with Crippen LogP contribution in [-0.2, 0) is 4.79 Å². The van der Waals surface area contributed by atoms with Crippen molar-refractivity contribution in [2.75, 3.05) is 19.0 Å². The van der Waals surface area contributed by atoms with Gasteiger partial charge in [-0.25, -0.2) is 4.98 Å². The average Bonchev–Trinajstić information content (AvgIpc) is 3.17. The number of ether oxygens (including phenoxy) is 2. The summed E-state index contributed by atoms with van der Waals surface area (Å²) >= 11 is 0. The zero-order valence-electron chi connectivity index (χ0n) is 15.2. The molecule has 0 fully saturated rings. The Morgan fingerprint density at radius 3 is 2.54 bits per heavy atom. The lowest BCUT2D eigenvalue weighted by atomic mass is 10.2.